The van der Waals surface area contributed by atoms with Crippen LogP contribution in [0.2, 0.25) is 0 Å². The van der Waals surface area contributed by atoms with Crippen LogP contribution in [0.5, 0.6) is 5.75 Å². The van der Waals surface area contributed by atoms with E-state index in [2.05, 4.69) is 5.32 Å². The summed E-state index contributed by atoms with van der Waals surface area (Å²) in [7, 11) is 3.42. The van der Waals surface area contributed by atoms with Gasteiger partial charge in [0.15, 0.2) is 0 Å². The summed E-state index contributed by atoms with van der Waals surface area (Å²) in [6, 6.07) is 5.07. The molecule has 0 fully saturated rings. The summed E-state index contributed by atoms with van der Waals surface area (Å²) in [5.74, 6) is -0.235. The van der Waals surface area contributed by atoms with Gasteiger partial charge < -0.3 is 15.0 Å². The minimum Gasteiger partial charge on any atom is -0.497 e. The normalized spacial score (nSPS) is 14.0. The van der Waals surface area contributed by atoms with Crippen LogP contribution in [-0.2, 0) is 4.79 Å². The highest BCUT2D eigenvalue weighted by atomic mass is 16.5. The Kier molecular flexibility index (Phi) is 3.62. The van der Waals surface area contributed by atoms with Crippen LogP contribution >= 0.6 is 0 Å². The minimum atomic E-state index is -0.450. The van der Waals surface area contributed by atoms with Crippen molar-refractivity contribution in [3.8, 4) is 5.75 Å². The van der Waals surface area contributed by atoms with Crippen molar-refractivity contribution in [2.24, 2.45) is 0 Å². The zero-order valence-corrected chi connectivity index (χ0v) is 10.5. The molecular weight excluding hydrogens is 232 g/mol. The predicted octanol–water partition coefficient (Wildman–Crippen LogP) is 0.834. The number of fused-ring (bicyclic) bond motifs is 1. The minimum absolute atomic E-state index is 0.433. The Labute approximate surface area is 106 Å². The lowest BCUT2D eigenvalue weighted by molar-refractivity contribution is -0.114. The fourth-order valence-corrected chi connectivity index (χ4v) is 2.04. The molecule has 0 spiro atoms. The first kappa shape index (κ1) is 12.6. The molecule has 0 bridgehead atoms. The quantitative estimate of drug-likeness (QED) is 0.619. The zero-order chi connectivity index (χ0) is 13.1. The van der Waals surface area contributed by atoms with Gasteiger partial charge in [-0.15, -0.1) is 0 Å². The van der Waals surface area contributed by atoms with E-state index in [1.54, 1.807) is 25.3 Å². The number of Topliss-reactive ketones (excluding diaryl/α,β-unsaturated/α-hetero) is 1. The van der Waals surface area contributed by atoms with Gasteiger partial charge in [0.25, 0.3) is 11.7 Å². The largest absolute Gasteiger partial charge is 0.497 e. The van der Waals surface area contributed by atoms with Crippen molar-refractivity contribution in [2.45, 2.75) is 6.42 Å². The van der Waals surface area contributed by atoms with Gasteiger partial charge in [0, 0.05) is 12.6 Å². The van der Waals surface area contributed by atoms with E-state index in [0.29, 0.717) is 23.5 Å². The molecule has 0 radical (unpaired) electrons. The highest BCUT2D eigenvalue weighted by Crippen LogP contribution is 2.32. The number of amides is 1. The van der Waals surface area contributed by atoms with Crippen molar-refractivity contribution in [1.82, 2.24) is 5.32 Å². The predicted molar refractivity (Wildman–Crippen MR) is 68.2 cm³/mol. The van der Waals surface area contributed by atoms with E-state index in [1.807, 2.05) is 7.05 Å². The molecule has 1 N–H and O–H groups in total. The number of methoxy groups -OCH3 is 1. The summed E-state index contributed by atoms with van der Waals surface area (Å²) < 4.78 is 5.12. The molecule has 0 aromatic heterocycles. The van der Waals surface area contributed by atoms with Crippen LogP contribution in [0, 0.1) is 0 Å². The summed E-state index contributed by atoms with van der Waals surface area (Å²) >= 11 is 0. The van der Waals surface area contributed by atoms with E-state index in [1.165, 1.54) is 4.90 Å². The van der Waals surface area contributed by atoms with Gasteiger partial charge >= 0.3 is 0 Å². The van der Waals surface area contributed by atoms with Crippen molar-refractivity contribution in [3.63, 3.8) is 0 Å². The van der Waals surface area contributed by atoms with E-state index in [9.17, 15) is 9.59 Å². The molecule has 1 amide bonds. The van der Waals surface area contributed by atoms with Gasteiger partial charge in [0.1, 0.15) is 5.75 Å². The van der Waals surface area contributed by atoms with Gasteiger partial charge in [0.2, 0.25) is 0 Å². The molecular formula is C13H16N2O3. The maximum absolute atomic E-state index is 11.9. The van der Waals surface area contributed by atoms with E-state index < -0.39 is 11.7 Å². The molecule has 1 aromatic rings. The van der Waals surface area contributed by atoms with Crippen LogP contribution in [0.3, 0.4) is 0 Å². The van der Waals surface area contributed by atoms with Crippen LogP contribution in [0.25, 0.3) is 0 Å². The maximum atomic E-state index is 11.9. The van der Waals surface area contributed by atoms with Gasteiger partial charge in [-0.05, 0) is 32.1 Å². The van der Waals surface area contributed by atoms with Crippen molar-refractivity contribution in [1.29, 1.82) is 0 Å². The summed E-state index contributed by atoms with van der Waals surface area (Å²) in [4.78, 5) is 25.2. The van der Waals surface area contributed by atoms with Gasteiger partial charge in [-0.2, -0.15) is 0 Å². The standard InChI is InChI=1S/C13H16N2O3/c1-14-6-3-7-15-11-8-9(18-2)4-5-10(11)12(16)13(15)17/h4-5,8,14H,3,6-7H2,1-2H3. The summed E-state index contributed by atoms with van der Waals surface area (Å²) in [5, 5.41) is 3.02. The molecule has 5 heteroatoms. The number of hydrogen-bond acceptors (Lipinski definition) is 4. The van der Waals surface area contributed by atoms with Crippen LogP contribution in [0.15, 0.2) is 18.2 Å². The molecule has 0 saturated carbocycles. The smallest absolute Gasteiger partial charge is 0.299 e. The highest BCUT2D eigenvalue weighted by Gasteiger charge is 2.35. The Hall–Kier alpha value is -1.88. The average molecular weight is 248 g/mol. The molecule has 2 rings (SSSR count). The average Bonchev–Trinajstić information content (AvgIpc) is 2.63. The van der Waals surface area contributed by atoms with Crippen LogP contribution in [0.1, 0.15) is 16.8 Å². The Balaban J connectivity index is 2.27. The Morgan fingerprint density at radius 1 is 1.33 bits per heavy atom. The lowest BCUT2D eigenvalue weighted by atomic mass is 10.1. The molecule has 18 heavy (non-hydrogen) atoms. The Morgan fingerprint density at radius 3 is 2.78 bits per heavy atom. The van der Waals surface area contributed by atoms with E-state index >= 15 is 0 Å². The summed E-state index contributed by atoms with van der Waals surface area (Å²) in [5.41, 5.74) is 1.12. The number of ketones is 1. The van der Waals surface area contributed by atoms with Gasteiger partial charge in [-0.1, -0.05) is 0 Å². The lowest BCUT2D eigenvalue weighted by Gasteiger charge is -2.16. The molecule has 1 heterocycles. The molecule has 1 aromatic carbocycles. The Morgan fingerprint density at radius 2 is 2.11 bits per heavy atom. The second-order valence-electron chi connectivity index (χ2n) is 4.13. The molecule has 0 aliphatic carbocycles. The van der Waals surface area contributed by atoms with Gasteiger partial charge in [-0.25, -0.2) is 0 Å². The van der Waals surface area contributed by atoms with E-state index in [4.69, 9.17) is 4.74 Å². The monoisotopic (exact) mass is 248 g/mol. The van der Waals surface area contributed by atoms with Crippen LogP contribution < -0.4 is 15.0 Å². The summed E-state index contributed by atoms with van der Waals surface area (Å²) in [6.45, 7) is 1.34. The molecule has 1 aliphatic rings. The topological polar surface area (TPSA) is 58.6 Å². The number of benzene rings is 1. The van der Waals surface area contributed by atoms with Crippen LogP contribution in [-0.4, -0.2) is 38.9 Å². The molecule has 5 nitrogen and oxygen atoms in total. The fourth-order valence-electron chi connectivity index (χ4n) is 2.04. The highest BCUT2D eigenvalue weighted by molar-refractivity contribution is 6.52. The zero-order valence-electron chi connectivity index (χ0n) is 10.5. The Bertz CT molecular complexity index is 485. The third-order valence-electron chi connectivity index (χ3n) is 2.99. The molecule has 0 unspecified atom stereocenters. The first-order chi connectivity index (χ1) is 8.69. The van der Waals surface area contributed by atoms with E-state index in [-0.39, 0.29) is 0 Å². The number of anilines is 1. The van der Waals surface area contributed by atoms with Crippen LogP contribution in [0.4, 0.5) is 5.69 Å². The molecule has 0 saturated heterocycles. The molecule has 96 valence electrons. The van der Waals surface area contributed by atoms with Crippen molar-refractivity contribution >= 4 is 17.4 Å². The SMILES string of the molecule is CNCCCN1C(=O)C(=O)c2ccc(OC)cc21. The second kappa shape index (κ2) is 5.18. The second-order valence-corrected chi connectivity index (χ2v) is 4.13. The number of nitrogens with one attached hydrogen (secondary N) is 1. The number of hydrogen-bond donors (Lipinski definition) is 1. The van der Waals surface area contributed by atoms with Crippen molar-refractivity contribution in [3.05, 3.63) is 23.8 Å². The molecule has 1 aliphatic heterocycles. The third-order valence-corrected chi connectivity index (χ3v) is 2.99. The number of ether oxygens (including phenoxy) is 1. The van der Waals surface area contributed by atoms with Gasteiger partial charge in [0.05, 0.1) is 18.4 Å². The number of carbonyl (C=O) groups excluding carboxylic acids is 2. The number of carbonyl (C=O) groups is 2. The van der Waals surface area contributed by atoms with E-state index in [0.717, 1.165) is 13.0 Å². The van der Waals surface area contributed by atoms with Crippen molar-refractivity contribution < 1.29 is 14.3 Å². The number of rotatable bonds is 5. The lowest BCUT2D eigenvalue weighted by Crippen LogP contribution is -2.32. The summed E-state index contributed by atoms with van der Waals surface area (Å²) in [6.07, 6.45) is 0.798. The first-order valence-corrected chi connectivity index (χ1v) is 5.88. The van der Waals surface area contributed by atoms with Gasteiger partial charge in [-0.3, -0.25) is 9.59 Å². The fraction of sp³-hybridized carbons (Fsp3) is 0.385. The maximum Gasteiger partial charge on any atom is 0.299 e. The molecule has 0 atom stereocenters. The third kappa shape index (κ3) is 2.09. The number of nitrogens with zero attached hydrogens (tertiary/aromatic N) is 1. The van der Waals surface area contributed by atoms with Crippen molar-refractivity contribution in [2.75, 3.05) is 32.1 Å². The first-order valence-electron chi connectivity index (χ1n) is 5.88.